The van der Waals surface area contributed by atoms with E-state index in [4.69, 9.17) is 23.2 Å². The number of nitrogens with zero attached hydrogens (tertiary/aromatic N) is 2. The lowest BCUT2D eigenvalue weighted by molar-refractivity contribution is -0.118. The fourth-order valence-corrected chi connectivity index (χ4v) is 3.45. The Balaban J connectivity index is 2.48. The van der Waals surface area contributed by atoms with Crippen LogP contribution >= 0.6 is 34.7 Å². The van der Waals surface area contributed by atoms with Crippen LogP contribution in [0.25, 0.3) is 10.9 Å². The number of hydrogen-bond acceptors (Lipinski definition) is 3. The zero-order valence-electron chi connectivity index (χ0n) is 12.8. The van der Waals surface area contributed by atoms with Crippen LogP contribution in [0.15, 0.2) is 23.2 Å². The van der Waals surface area contributed by atoms with E-state index in [9.17, 15) is 9.59 Å². The minimum atomic E-state index is -0.212. The standard InChI is InChI=1S/C16H18Cl2N2O2S/c1-11-6-7-13-12(10-11)16(19-14(21)4-2-8-17)23-20(13)15(22)5-3-9-18/h6-7,10H,2-5,8-9H2,1H3. The van der Waals surface area contributed by atoms with Crippen LogP contribution in [0.3, 0.4) is 0 Å². The summed E-state index contributed by atoms with van der Waals surface area (Å²) in [6, 6.07) is 5.78. The van der Waals surface area contributed by atoms with Gasteiger partial charge in [-0.1, -0.05) is 11.6 Å². The van der Waals surface area contributed by atoms with Gasteiger partial charge in [0.2, 0.25) is 11.8 Å². The number of hydrogen-bond donors (Lipinski definition) is 0. The third-order valence-corrected chi connectivity index (χ3v) is 4.88. The molecule has 0 saturated heterocycles. The van der Waals surface area contributed by atoms with Gasteiger partial charge in [0.25, 0.3) is 0 Å². The van der Waals surface area contributed by atoms with Gasteiger partial charge in [-0.3, -0.25) is 9.59 Å². The predicted molar refractivity (Wildman–Crippen MR) is 95.7 cm³/mol. The number of carbonyl (C=O) groups is 2. The molecule has 0 unspecified atom stereocenters. The largest absolute Gasteiger partial charge is 0.273 e. The molecule has 0 spiro atoms. The molecule has 0 fully saturated rings. The van der Waals surface area contributed by atoms with Crippen LogP contribution in [-0.4, -0.2) is 27.5 Å². The molecular weight excluding hydrogens is 355 g/mol. The molecule has 1 heterocycles. The molecule has 2 aromatic rings. The normalized spacial score (nSPS) is 12.0. The van der Waals surface area contributed by atoms with Gasteiger partial charge in [-0.25, -0.2) is 8.95 Å². The highest BCUT2D eigenvalue weighted by Gasteiger charge is 2.13. The van der Waals surface area contributed by atoms with Crippen molar-refractivity contribution in [1.29, 1.82) is 0 Å². The first-order valence-corrected chi connectivity index (χ1v) is 9.26. The van der Waals surface area contributed by atoms with Crippen molar-refractivity contribution >= 4 is 57.5 Å². The van der Waals surface area contributed by atoms with E-state index in [0.29, 0.717) is 42.1 Å². The molecule has 0 saturated carbocycles. The number of benzene rings is 1. The maximum Gasteiger partial charge on any atom is 0.247 e. The van der Waals surface area contributed by atoms with Gasteiger partial charge in [0, 0.05) is 30.0 Å². The second-order valence-corrected chi connectivity index (χ2v) is 6.89. The molecule has 0 atom stereocenters. The Hall–Kier alpha value is -1.17. The van der Waals surface area contributed by atoms with Crippen LogP contribution in [0.2, 0.25) is 0 Å². The molecule has 7 heteroatoms. The Kier molecular flexibility index (Phi) is 6.81. The number of carbonyl (C=O) groups excluding carboxylic acids is 2. The van der Waals surface area contributed by atoms with Crippen LogP contribution in [-0.2, 0) is 4.79 Å². The first-order chi connectivity index (χ1) is 11.1. The van der Waals surface area contributed by atoms with Crippen molar-refractivity contribution in [3.8, 4) is 0 Å². The molecule has 2 rings (SSSR count). The van der Waals surface area contributed by atoms with Crippen molar-refractivity contribution in [1.82, 2.24) is 3.96 Å². The number of rotatable bonds is 6. The van der Waals surface area contributed by atoms with Crippen LogP contribution in [0.1, 0.15) is 36.0 Å². The number of fused-ring (bicyclic) bond motifs is 1. The molecule has 0 aliphatic carbocycles. The Morgan fingerprint density at radius 1 is 1.17 bits per heavy atom. The number of amides is 1. The average Bonchev–Trinajstić information content (AvgIpc) is 2.88. The molecule has 0 aliphatic rings. The van der Waals surface area contributed by atoms with Gasteiger partial charge in [0.1, 0.15) is 4.67 Å². The van der Waals surface area contributed by atoms with E-state index >= 15 is 0 Å². The van der Waals surface area contributed by atoms with Crippen LogP contribution in [0.4, 0.5) is 0 Å². The number of halogens is 2. The summed E-state index contributed by atoms with van der Waals surface area (Å²) in [4.78, 5) is 28.4. The van der Waals surface area contributed by atoms with Crippen molar-refractivity contribution in [2.75, 3.05) is 11.8 Å². The first-order valence-electron chi connectivity index (χ1n) is 7.42. The van der Waals surface area contributed by atoms with E-state index in [1.54, 1.807) is 3.96 Å². The molecule has 124 valence electrons. The van der Waals surface area contributed by atoms with E-state index in [1.165, 1.54) is 11.5 Å². The van der Waals surface area contributed by atoms with E-state index in [2.05, 4.69) is 4.99 Å². The van der Waals surface area contributed by atoms with Crippen LogP contribution in [0.5, 0.6) is 0 Å². The number of aromatic nitrogens is 1. The Morgan fingerprint density at radius 3 is 2.57 bits per heavy atom. The topological polar surface area (TPSA) is 51.4 Å². The van der Waals surface area contributed by atoms with Crippen LogP contribution in [0, 0.1) is 6.92 Å². The molecule has 1 amide bonds. The van der Waals surface area contributed by atoms with Gasteiger partial charge in [-0.2, -0.15) is 0 Å². The zero-order chi connectivity index (χ0) is 16.8. The van der Waals surface area contributed by atoms with Crippen LogP contribution < -0.4 is 4.67 Å². The summed E-state index contributed by atoms with van der Waals surface area (Å²) in [7, 11) is 0. The Bertz CT molecular complexity index is 780. The fraction of sp³-hybridized carbons (Fsp3) is 0.438. The molecule has 0 radical (unpaired) electrons. The minimum Gasteiger partial charge on any atom is -0.273 e. The summed E-state index contributed by atoms with van der Waals surface area (Å²) in [5.41, 5.74) is 1.84. The molecule has 0 aliphatic heterocycles. The van der Waals surface area contributed by atoms with Gasteiger partial charge < -0.3 is 0 Å². The minimum absolute atomic E-state index is 0.0286. The summed E-state index contributed by atoms with van der Waals surface area (Å²) >= 11 is 12.5. The van der Waals surface area contributed by atoms with Gasteiger partial charge in [-0.15, -0.1) is 23.2 Å². The maximum atomic E-state index is 12.3. The highest BCUT2D eigenvalue weighted by Crippen LogP contribution is 2.17. The van der Waals surface area contributed by atoms with Gasteiger partial charge in [0.15, 0.2) is 0 Å². The van der Waals surface area contributed by atoms with E-state index < -0.39 is 0 Å². The van der Waals surface area contributed by atoms with Gasteiger partial charge >= 0.3 is 0 Å². The predicted octanol–water partition coefficient (Wildman–Crippen LogP) is 4.12. The number of alkyl halides is 2. The summed E-state index contributed by atoms with van der Waals surface area (Å²) in [5.74, 6) is 0.639. The molecule has 0 N–H and O–H groups in total. The molecule has 0 bridgehead atoms. The second kappa shape index (κ2) is 8.62. The average molecular weight is 373 g/mol. The van der Waals surface area contributed by atoms with Crippen molar-refractivity contribution in [3.63, 3.8) is 0 Å². The lowest BCUT2D eigenvalue weighted by atomic mass is 10.2. The lowest BCUT2D eigenvalue weighted by Gasteiger charge is -2.01. The van der Waals surface area contributed by atoms with Gasteiger partial charge in [-0.05, 0) is 43.4 Å². The van der Waals surface area contributed by atoms with E-state index in [-0.39, 0.29) is 11.8 Å². The fourth-order valence-electron chi connectivity index (χ4n) is 2.16. The third-order valence-electron chi connectivity index (χ3n) is 3.28. The summed E-state index contributed by atoms with van der Waals surface area (Å²) in [6.45, 7) is 1.97. The second-order valence-electron chi connectivity index (χ2n) is 5.20. The Labute approximate surface area is 148 Å². The van der Waals surface area contributed by atoms with Crippen molar-refractivity contribution in [2.24, 2.45) is 4.99 Å². The van der Waals surface area contributed by atoms with Gasteiger partial charge in [0.05, 0.1) is 5.52 Å². The molecule has 1 aromatic carbocycles. The monoisotopic (exact) mass is 372 g/mol. The third kappa shape index (κ3) is 4.66. The Morgan fingerprint density at radius 2 is 1.87 bits per heavy atom. The van der Waals surface area contributed by atoms with Crippen molar-refractivity contribution in [3.05, 3.63) is 28.4 Å². The summed E-state index contributed by atoms with van der Waals surface area (Å²) < 4.78 is 2.18. The summed E-state index contributed by atoms with van der Waals surface area (Å²) in [5, 5.41) is 0.827. The SMILES string of the molecule is Cc1ccc2c(c1)c(=NC(=O)CCCCl)sn2C(=O)CCCCl. The highest BCUT2D eigenvalue weighted by molar-refractivity contribution is 7.06. The molecule has 23 heavy (non-hydrogen) atoms. The lowest BCUT2D eigenvalue weighted by Crippen LogP contribution is -2.07. The highest BCUT2D eigenvalue weighted by atomic mass is 35.5. The number of aryl methyl sites for hydroxylation is 1. The molecule has 4 nitrogen and oxygen atoms in total. The zero-order valence-corrected chi connectivity index (χ0v) is 15.2. The molecule has 1 aromatic heterocycles. The molecular formula is C16H18Cl2N2O2S. The van der Waals surface area contributed by atoms with E-state index in [0.717, 1.165) is 16.5 Å². The summed E-state index contributed by atoms with van der Waals surface area (Å²) in [6.07, 6.45) is 1.91. The quantitative estimate of drug-likeness (QED) is 0.716. The van der Waals surface area contributed by atoms with E-state index in [1.807, 2.05) is 25.1 Å². The maximum absolute atomic E-state index is 12.3. The smallest absolute Gasteiger partial charge is 0.247 e. The first kappa shape index (κ1) is 18.2. The van der Waals surface area contributed by atoms with Crippen molar-refractivity contribution in [2.45, 2.75) is 32.6 Å². The van der Waals surface area contributed by atoms with Crippen molar-refractivity contribution < 1.29 is 9.59 Å².